The van der Waals surface area contributed by atoms with E-state index in [1.807, 2.05) is 0 Å². The molecule has 3 rings (SSSR count). The van der Waals surface area contributed by atoms with Crippen molar-refractivity contribution in [3.63, 3.8) is 0 Å². The van der Waals surface area contributed by atoms with Gasteiger partial charge < -0.3 is 29.6 Å². The Labute approximate surface area is 181 Å². The highest BCUT2D eigenvalue weighted by Crippen LogP contribution is 2.36. The zero-order chi connectivity index (χ0) is 22.5. The molecular formula is C23H26N2O6. The van der Waals surface area contributed by atoms with Crippen LogP contribution in [0.25, 0.3) is 5.70 Å². The molecule has 164 valence electrons. The van der Waals surface area contributed by atoms with Gasteiger partial charge in [0, 0.05) is 0 Å². The number of methoxy groups -OCH3 is 3. The highest BCUT2D eigenvalue weighted by Gasteiger charge is 2.35. The Morgan fingerprint density at radius 1 is 0.935 bits per heavy atom. The number of rotatable bonds is 7. The molecule has 0 fully saturated rings. The molecule has 1 atom stereocenters. The van der Waals surface area contributed by atoms with Gasteiger partial charge in [0.2, 0.25) is 0 Å². The molecule has 2 N–H and O–H groups in total. The molecule has 2 aromatic rings. The first-order chi connectivity index (χ1) is 14.9. The van der Waals surface area contributed by atoms with Gasteiger partial charge in [0.05, 0.1) is 44.7 Å². The standard InChI is InChI=1S/C23H26N2O6/c1-13(2)31-22(26)19-20(14-6-9-16(28-3)10-7-14)24-23(27)25-21(19)15-8-11-17(29-4)18(12-15)30-5/h6-13,21H,1-5H3,(H2,24,25,27). The number of nitrogens with one attached hydrogen (secondary N) is 2. The molecule has 0 spiro atoms. The Morgan fingerprint density at radius 3 is 2.19 bits per heavy atom. The first-order valence-electron chi connectivity index (χ1n) is 9.77. The molecule has 0 radical (unpaired) electrons. The maximum absolute atomic E-state index is 13.1. The molecule has 31 heavy (non-hydrogen) atoms. The van der Waals surface area contributed by atoms with Crippen LogP contribution in [0.1, 0.15) is 31.0 Å². The minimum Gasteiger partial charge on any atom is -0.497 e. The minimum atomic E-state index is -0.753. The summed E-state index contributed by atoms with van der Waals surface area (Å²) in [4.78, 5) is 25.7. The molecule has 2 aromatic carbocycles. The fourth-order valence-corrected chi connectivity index (χ4v) is 3.33. The monoisotopic (exact) mass is 426 g/mol. The first-order valence-corrected chi connectivity index (χ1v) is 9.77. The fourth-order valence-electron chi connectivity index (χ4n) is 3.33. The molecular weight excluding hydrogens is 400 g/mol. The molecule has 0 bridgehead atoms. The third kappa shape index (κ3) is 4.74. The van der Waals surface area contributed by atoms with Gasteiger partial charge in [-0.2, -0.15) is 0 Å². The topological polar surface area (TPSA) is 95.1 Å². The van der Waals surface area contributed by atoms with Crippen LogP contribution in [0.3, 0.4) is 0 Å². The number of amides is 2. The van der Waals surface area contributed by atoms with Crippen molar-refractivity contribution in [3.8, 4) is 17.2 Å². The summed E-state index contributed by atoms with van der Waals surface area (Å²) in [7, 11) is 4.63. The van der Waals surface area contributed by atoms with Crippen molar-refractivity contribution in [2.75, 3.05) is 21.3 Å². The molecule has 1 aliphatic rings. The number of hydrogen-bond donors (Lipinski definition) is 2. The van der Waals surface area contributed by atoms with Crippen LogP contribution in [0.15, 0.2) is 48.0 Å². The molecule has 8 heteroatoms. The zero-order valence-corrected chi connectivity index (χ0v) is 18.1. The molecule has 8 nitrogen and oxygen atoms in total. The normalized spacial score (nSPS) is 15.8. The molecule has 1 aliphatic heterocycles. The van der Waals surface area contributed by atoms with Gasteiger partial charge in [0.1, 0.15) is 5.75 Å². The van der Waals surface area contributed by atoms with E-state index in [0.29, 0.717) is 34.1 Å². The summed E-state index contributed by atoms with van der Waals surface area (Å²) in [5.74, 6) is 1.15. The molecule has 0 saturated heterocycles. The third-order valence-electron chi connectivity index (χ3n) is 4.75. The van der Waals surface area contributed by atoms with E-state index >= 15 is 0 Å². The van der Waals surface area contributed by atoms with E-state index in [-0.39, 0.29) is 11.7 Å². The van der Waals surface area contributed by atoms with Crippen molar-refractivity contribution in [2.45, 2.75) is 26.0 Å². The predicted octanol–water partition coefficient (Wildman–Crippen LogP) is 3.43. The van der Waals surface area contributed by atoms with Gasteiger partial charge in [-0.1, -0.05) is 6.07 Å². The van der Waals surface area contributed by atoms with Crippen molar-refractivity contribution >= 4 is 17.7 Å². The third-order valence-corrected chi connectivity index (χ3v) is 4.75. The quantitative estimate of drug-likeness (QED) is 0.659. The van der Waals surface area contributed by atoms with E-state index in [0.717, 1.165) is 0 Å². The molecule has 0 aromatic heterocycles. The van der Waals surface area contributed by atoms with Crippen LogP contribution in [0.2, 0.25) is 0 Å². The van der Waals surface area contributed by atoms with Crippen molar-refractivity contribution in [1.29, 1.82) is 0 Å². The summed E-state index contributed by atoms with van der Waals surface area (Å²) in [6, 6.07) is 11.1. The highest BCUT2D eigenvalue weighted by molar-refractivity contribution is 6.04. The average Bonchev–Trinajstić information content (AvgIpc) is 2.77. The average molecular weight is 426 g/mol. The van der Waals surface area contributed by atoms with Gasteiger partial charge in [0.15, 0.2) is 11.5 Å². The van der Waals surface area contributed by atoms with Gasteiger partial charge in [-0.15, -0.1) is 0 Å². The summed E-state index contributed by atoms with van der Waals surface area (Å²) in [5, 5.41) is 5.58. The molecule has 1 unspecified atom stereocenters. The lowest BCUT2D eigenvalue weighted by Crippen LogP contribution is -2.45. The molecule has 2 amide bonds. The van der Waals surface area contributed by atoms with Crippen LogP contribution in [0.5, 0.6) is 17.2 Å². The number of benzene rings is 2. The van der Waals surface area contributed by atoms with Crippen molar-refractivity contribution in [1.82, 2.24) is 10.6 Å². The Morgan fingerprint density at radius 2 is 1.61 bits per heavy atom. The van der Waals surface area contributed by atoms with E-state index in [4.69, 9.17) is 18.9 Å². The summed E-state index contributed by atoms with van der Waals surface area (Å²) in [6.07, 6.45) is -0.333. The van der Waals surface area contributed by atoms with Gasteiger partial charge in [-0.3, -0.25) is 0 Å². The maximum Gasteiger partial charge on any atom is 0.338 e. The van der Waals surface area contributed by atoms with E-state index in [1.54, 1.807) is 63.4 Å². The molecule has 0 saturated carbocycles. The molecule has 0 aliphatic carbocycles. The highest BCUT2D eigenvalue weighted by atomic mass is 16.5. The van der Waals surface area contributed by atoms with Gasteiger partial charge >= 0.3 is 12.0 Å². The number of ether oxygens (including phenoxy) is 4. The Kier molecular flexibility index (Phi) is 6.69. The van der Waals surface area contributed by atoms with Crippen LogP contribution < -0.4 is 24.8 Å². The number of urea groups is 1. The summed E-state index contributed by atoms with van der Waals surface area (Å²) >= 11 is 0. The number of carbonyl (C=O) groups excluding carboxylic acids is 2. The van der Waals surface area contributed by atoms with Crippen molar-refractivity contribution in [2.24, 2.45) is 0 Å². The minimum absolute atomic E-state index is 0.283. The summed E-state index contributed by atoms with van der Waals surface area (Å²) in [6.45, 7) is 3.54. The fraction of sp³-hybridized carbons (Fsp3) is 0.304. The smallest absolute Gasteiger partial charge is 0.338 e. The SMILES string of the molecule is COc1ccc(C2=C(C(=O)OC(C)C)C(c3ccc(OC)c(OC)c3)NC(=O)N2)cc1. The Bertz CT molecular complexity index is 998. The second-order valence-electron chi connectivity index (χ2n) is 7.12. The van der Waals surface area contributed by atoms with E-state index in [9.17, 15) is 9.59 Å². The zero-order valence-electron chi connectivity index (χ0n) is 18.1. The lowest BCUT2D eigenvalue weighted by Gasteiger charge is -2.30. The second-order valence-corrected chi connectivity index (χ2v) is 7.12. The van der Waals surface area contributed by atoms with Gasteiger partial charge in [0.25, 0.3) is 0 Å². The van der Waals surface area contributed by atoms with Crippen LogP contribution in [-0.4, -0.2) is 39.4 Å². The largest absolute Gasteiger partial charge is 0.497 e. The summed E-state index contributed by atoms with van der Waals surface area (Å²) in [5.41, 5.74) is 1.95. The van der Waals surface area contributed by atoms with Crippen molar-refractivity contribution < 1.29 is 28.5 Å². The first kappa shape index (κ1) is 22.0. The Balaban J connectivity index is 2.17. The van der Waals surface area contributed by atoms with Gasteiger partial charge in [-0.25, -0.2) is 9.59 Å². The molecule has 1 heterocycles. The van der Waals surface area contributed by atoms with E-state index in [1.165, 1.54) is 14.2 Å². The maximum atomic E-state index is 13.1. The number of carbonyl (C=O) groups is 2. The van der Waals surface area contributed by atoms with Gasteiger partial charge in [-0.05, 0) is 61.4 Å². The van der Waals surface area contributed by atoms with Crippen LogP contribution >= 0.6 is 0 Å². The van der Waals surface area contributed by atoms with Crippen LogP contribution in [0.4, 0.5) is 4.79 Å². The van der Waals surface area contributed by atoms with Crippen LogP contribution in [0, 0.1) is 0 Å². The second kappa shape index (κ2) is 9.42. The number of esters is 1. The Hall–Kier alpha value is -3.68. The van der Waals surface area contributed by atoms with Crippen LogP contribution in [-0.2, 0) is 9.53 Å². The number of hydrogen-bond acceptors (Lipinski definition) is 6. The van der Waals surface area contributed by atoms with Crippen molar-refractivity contribution in [3.05, 3.63) is 59.2 Å². The van der Waals surface area contributed by atoms with E-state index in [2.05, 4.69) is 10.6 Å². The predicted molar refractivity (Wildman–Crippen MR) is 115 cm³/mol. The summed E-state index contributed by atoms with van der Waals surface area (Å²) < 4.78 is 21.4. The lowest BCUT2D eigenvalue weighted by atomic mass is 9.92. The van der Waals surface area contributed by atoms with E-state index < -0.39 is 18.0 Å². The lowest BCUT2D eigenvalue weighted by molar-refractivity contribution is -0.143.